The number of fused-ring (bicyclic) bond motifs is 1. The summed E-state index contributed by atoms with van der Waals surface area (Å²) < 4.78 is 7.43. The molecule has 3 aromatic rings. The van der Waals surface area contributed by atoms with E-state index in [0.29, 0.717) is 13.1 Å². The van der Waals surface area contributed by atoms with Crippen LogP contribution in [-0.4, -0.2) is 21.1 Å². The molecule has 6 nitrogen and oxygen atoms in total. The van der Waals surface area contributed by atoms with Crippen molar-refractivity contribution in [3.05, 3.63) is 65.1 Å². The van der Waals surface area contributed by atoms with Gasteiger partial charge < -0.3 is 14.5 Å². The monoisotopic (exact) mass is 380 g/mol. The van der Waals surface area contributed by atoms with Crippen molar-refractivity contribution in [1.29, 1.82) is 0 Å². The second kappa shape index (κ2) is 8.02. The van der Waals surface area contributed by atoms with Gasteiger partial charge in [0.2, 0.25) is 0 Å². The average molecular weight is 380 g/mol. The van der Waals surface area contributed by atoms with E-state index in [9.17, 15) is 4.79 Å². The molecule has 0 saturated carbocycles. The van der Waals surface area contributed by atoms with Crippen LogP contribution in [0.5, 0.6) is 0 Å². The maximum Gasteiger partial charge on any atom is 0.412 e. The van der Waals surface area contributed by atoms with E-state index in [0.717, 1.165) is 33.7 Å². The lowest BCUT2D eigenvalue weighted by Gasteiger charge is -2.20. The number of nitrogens with zero attached hydrogens (tertiary/aromatic N) is 2. The molecule has 28 heavy (non-hydrogen) atoms. The molecule has 2 heterocycles. The Morgan fingerprint density at radius 2 is 1.96 bits per heavy atom. The first-order valence-corrected chi connectivity index (χ1v) is 9.44. The summed E-state index contributed by atoms with van der Waals surface area (Å²) in [7, 11) is 0. The first-order chi connectivity index (χ1) is 13.2. The topological polar surface area (TPSA) is 67.7 Å². The average Bonchev–Trinajstić information content (AvgIpc) is 2.97. The van der Waals surface area contributed by atoms with Crippen molar-refractivity contribution in [2.45, 2.75) is 53.3 Å². The molecule has 0 unspecified atom stereocenters. The maximum atomic E-state index is 12.0. The normalized spacial score (nSPS) is 11.6. The summed E-state index contributed by atoms with van der Waals surface area (Å²) in [5, 5.41) is 6.27. The molecule has 0 bridgehead atoms. The molecule has 1 aromatic carbocycles. The Morgan fingerprint density at radius 3 is 2.71 bits per heavy atom. The van der Waals surface area contributed by atoms with Gasteiger partial charge in [0.05, 0.1) is 11.9 Å². The fourth-order valence-electron chi connectivity index (χ4n) is 3.13. The van der Waals surface area contributed by atoms with Crippen LogP contribution in [0.4, 0.5) is 10.5 Å². The van der Waals surface area contributed by atoms with Gasteiger partial charge in [0.25, 0.3) is 0 Å². The molecule has 0 spiro atoms. The van der Waals surface area contributed by atoms with Gasteiger partial charge in [-0.15, -0.1) is 0 Å². The van der Waals surface area contributed by atoms with E-state index >= 15 is 0 Å². The number of ether oxygens (including phenoxy) is 1. The van der Waals surface area contributed by atoms with Crippen molar-refractivity contribution in [3.8, 4) is 0 Å². The van der Waals surface area contributed by atoms with Crippen LogP contribution in [0.3, 0.4) is 0 Å². The summed E-state index contributed by atoms with van der Waals surface area (Å²) in [6.07, 6.45) is 3.49. The molecule has 0 saturated heterocycles. The Hall–Kier alpha value is -2.86. The fourth-order valence-corrected chi connectivity index (χ4v) is 3.13. The van der Waals surface area contributed by atoms with Gasteiger partial charge in [-0.2, -0.15) is 0 Å². The highest BCUT2D eigenvalue weighted by atomic mass is 16.6. The van der Waals surface area contributed by atoms with Crippen LogP contribution >= 0.6 is 0 Å². The maximum absolute atomic E-state index is 12.0. The standard InChI is InChI=1S/C22H28N4O2/c1-15-9-17(11-18(10-15)25-21(27)28-22(3,4)5)12-23-13-19-14-24-20-16(2)7-6-8-26(19)20/h6-11,14,23H,12-13H2,1-5H3,(H,25,27). The molecule has 0 aliphatic rings. The van der Waals surface area contributed by atoms with Crippen LogP contribution in [0.1, 0.15) is 43.2 Å². The van der Waals surface area contributed by atoms with Crippen LogP contribution in [0.25, 0.3) is 5.65 Å². The molecular weight excluding hydrogens is 352 g/mol. The zero-order chi connectivity index (χ0) is 20.3. The number of anilines is 1. The second-order valence-corrected chi connectivity index (χ2v) is 8.07. The predicted molar refractivity (Wildman–Crippen MR) is 112 cm³/mol. The minimum Gasteiger partial charge on any atom is -0.444 e. The van der Waals surface area contributed by atoms with Gasteiger partial charge in [-0.25, -0.2) is 9.78 Å². The lowest BCUT2D eigenvalue weighted by atomic mass is 10.1. The number of pyridine rings is 1. The molecule has 3 rings (SSSR count). The Labute approximate surface area is 165 Å². The highest BCUT2D eigenvalue weighted by Gasteiger charge is 2.16. The number of aromatic nitrogens is 2. The molecule has 2 N–H and O–H groups in total. The quantitative estimate of drug-likeness (QED) is 0.679. The summed E-state index contributed by atoms with van der Waals surface area (Å²) in [6, 6.07) is 10.1. The minimum atomic E-state index is -0.523. The van der Waals surface area contributed by atoms with Crippen LogP contribution < -0.4 is 10.6 Å². The van der Waals surface area contributed by atoms with Gasteiger partial charge >= 0.3 is 6.09 Å². The fraction of sp³-hybridized carbons (Fsp3) is 0.364. The van der Waals surface area contributed by atoms with E-state index in [2.05, 4.69) is 39.1 Å². The lowest BCUT2D eigenvalue weighted by Crippen LogP contribution is -2.27. The van der Waals surface area contributed by atoms with Crippen LogP contribution in [0, 0.1) is 13.8 Å². The first kappa shape index (κ1) is 19.9. The molecule has 0 aliphatic carbocycles. The molecule has 1 amide bonds. The third-order valence-electron chi connectivity index (χ3n) is 4.23. The largest absolute Gasteiger partial charge is 0.444 e. The van der Waals surface area contributed by atoms with E-state index < -0.39 is 11.7 Å². The van der Waals surface area contributed by atoms with E-state index in [1.54, 1.807) is 0 Å². The Kier molecular flexibility index (Phi) is 5.70. The van der Waals surface area contributed by atoms with Crippen LogP contribution in [0.2, 0.25) is 0 Å². The summed E-state index contributed by atoms with van der Waals surface area (Å²) in [4.78, 5) is 16.5. The molecule has 0 fully saturated rings. The summed E-state index contributed by atoms with van der Waals surface area (Å²) >= 11 is 0. The Balaban J connectivity index is 1.63. The smallest absolute Gasteiger partial charge is 0.412 e. The summed E-state index contributed by atoms with van der Waals surface area (Å²) in [5.74, 6) is 0. The number of amides is 1. The number of hydrogen-bond acceptors (Lipinski definition) is 4. The van der Waals surface area contributed by atoms with Gasteiger partial charge in [0, 0.05) is 25.0 Å². The number of rotatable bonds is 5. The van der Waals surface area contributed by atoms with Gasteiger partial charge in [-0.05, 0) is 69.5 Å². The third kappa shape index (κ3) is 5.10. The lowest BCUT2D eigenvalue weighted by molar-refractivity contribution is 0.0636. The number of hydrogen-bond donors (Lipinski definition) is 2. The van der Waals surface area contributed by atoms with Gasteiger partial charge in [0.1, 0.15) is 11.2 Å². The number of carbonyl (C=O) groups is 1. The Bertz CT molecular complexity index is 986. The number of benzene rings is 1. The second-order valence-electron chi connectivity index (χ2n) is 8.07. The molecule has 0 atom stereocenters. The van der Waals surface area contributed by atoms with Crippen molar-refractivity contribution in [2.24, 2.45) is 0 Å². The first-order valence-electron chi connectivity index (χ1n) is 9.44. The number of imidazole rings is 1. The molecular formula is C22H28N4O2. The highest BCUT2D eigenvalue weighted by Crippen LogP contribution is 2.17. The highest BCUT2D eigenvalue weighted by molar-refractivity contribution is 5.85. The van der Waals surface area contributed by atoms with Crippen LogP contribution in [-0.2, 0) is 17.8 Å². The van der Waals surface area contributed by atoms with Crippen molar-refractivity contribution >= 4 is 17.4 Å². The van der Waals surface area contributed by atoms with E-state index in [1.165, 1.54) is 0 Å². The third-order valence-corrected chi connectivity index (χ3v) is 4.23. The Morgan fingerprint density at radius 1 is 1.18 bits per heavy atom. The van der Waals surface area contributed by atoms with Crippen molar-refractivity contribution < 1.29 is 9.53 Å². The zero-order valence-electron chi connectivity index (χ0n) is 17.2. The number of nitrogens with one attached hydrogen (secondary N) is 2. The molecule has 0 radical (unpaired) electrons. The SMILES string of the molecule is Cc1cc(CNCc2cnc3c(C)cccn23)cc(NC(=O)OC(C)(C)C)c1. The van der Waals surface area contributed by atoms with E-state index in [-0.39, 0.29) is 0 Å². The molecule has 0 aliphatic heterocycles. The molecule has 148 valence electrons. The van der Waals surface area contributed by atoms with Crippen molar-refractivity contribution in [3.63, 3.8) is 0 Å². The molecule has 6 heteroatoms. The van der Waals surface area contributed by atoms with Crippen molar-refractivity contribution in [2.75, 3.05) is 5.32 Å². The van der Waals surface area contributed by atoms with Gasteiger partial charge in [-0.1, -0.05) is 12.1 Å². The molecule has 2 aromatic heterocycles. The summed E-state index contributed by atoms with van der Waals surface area (Å²) in [5.41, 5.74) is 5.63. The van der Waals surface area contributed by atoms with Crippen molar-refractivity contribution in [1.82, 2.24) is 14.7 Å². The predicted octanol–water partition coefficient (Wildman–Crippen LogP) is 4.59. The van der Waals surface area contributed by atoms with Gasteiger partial charge in [-0.3, -0.25) is 5.32 Å². The minimum absolute atomic E-state index is 0.446. The number of carbonyl (C=O) groups excluding carboxylic acids is 1. The van der Waals surface area contributed by atoms with Crippen LogP contribution in [0.15, 0.2) is 42.7 Å². The van der Waals surface area contributed by atoms with E-state index in [4.69, 9.17) is 4.74 Å². The van der Waals surface area contributed by atoms with E-state index in [1.807, 2.05) is 58.3 Å². The number of aryl methyl sites for hydroxylation is 2. The van der Waals surface area contributed by atoms with Gasteiger partial charge in [0.15, 0.2) is 0 Å². The zero-order valence-corrected chi connectivity index (χ0v) is 17.2. The summed E-state index contributed by atoms with van der Waals surface area (Å²) in [6.45, 7) is 11.0.